The highest BCUT2D eigenvalue weighted by atomic mass is 35.5. The van der Waals surface area contributed by atoms with Crippen molar-refractivity contribution < 1.29 is 4.74 Å². The predicted octanol–water partition coefficient (Wildman–Crippen LogP) is 5.84. The number of nitrogens with one attached hydrogen (secondary N) is 1. The number of H-pyrrole nitrogens is 1. The summed E-state index contributed by atoms with van der Waals surface area (Å²) >= 11 is 6.11. The zero-order valence-corrected chi connectivity index (χ0v) is 15.7. The van der Waals surface area contributed by atoms with Crippen LogP contribution in [0.1, 0.15) is 49.9 Å². The van der Waals surface area contributed by atoms with Gasteiger partial charge in [0.2, 0.25) is 0 Å². The molecule has 2 heterocycles. The van der Waals surface area contributed by atoms with Gasteiger partial charge in [0.25, 0.3) is 0 Å². The Bertz CT molecular complexity index is 956. The van der Waals surface area contributed by atoms with Crippen LogP contribution in [0, 0.1) is 5.92 Å². The Morgan fingerprint density at radius 2 is 2.00 bits per heavy atom. The summed E-state index contributed by atoms with van der Waals surface area (Å²) in [5, 5.41) is 0.750. The van der Waals surface area contributed by atoms with E-state index in [1.54, 1.807) is 0 Å². The number of rotatable bonds is 2. The standard InChI is InChI=1S/C22H23ClN2O/c1-14(21-24-18-7-6-16(23)12-19(18)25-21)15-8-10-22(11-9-15)13-26-20-5-3-2-4-17(20)22/h2-7,12,14-15H,8-11,13H2,1H3,(H,24,25)/t14-,15?,22?/m1/s1. The summed E-state index contributed by atoms with van der Waals surface area (Å²) in [5.74, 6) is 3.26. The molecule has 1 atom stereocenters. The first kappa shape index (κ1) is 16.2. The zero-order chi connectivity index (χ0) is 17.7. The average Bonchev–Trinajstić information content (AvgIpc) is 3.24. The second-order valence-corrected chi connectivity index (χ2v) is 8.41. The molecule has 2 aliphatic rings. The van der Waals surface area contributed by atoms with Gasteiger partial charge >= 0.3 is 0 Å². The van der Waals surface area contributed by atoms with E-state index < -0.39 is 0 Å². The summed E-state index contributed by atoms with van der Waals surface area (Å²) in [5.41, 5.74) is 3.68. The molecular formula is C22H23ClN2O. The minimum absolute atomic E-state index is 0.230. The van der Waals surface area contributed by atoms with Gasteiger partial charge in [0, 0.05) is 21.9 Å². The van der Waals surface area contributed by atoms with Gasteiger partial charge in [-0.25, -0.2) is 4.98 Å². The van der Waals surface area contributed by atoms with Gasteiger partial charge in [-0.05, 0) is 55.9 Å². The number of hydrogen-bond acceptors (Lipinski definition) is 2. The molecule has 1 fully saturated rings. The molecule has 1 aliphatic carbocycles. The van der Waals surface area contributed by atoms with Crippen LogP contribution in [0.4, 0.5) is 0 Å². The van der Waals surface area contributed by atoms with Crippen molar-refractivity contribution in [3.8, 4) is 5.75 Å². The first-order valence-corrected chi connectivity index (χ1v) is 9.90. The van der Waals surface area contributed by atoms with Crippen LogP contribution in [0.2, 0.25) is 5.02 Å². The van der Waals surface area contributed by atoms with Crippen LogP contribution in [-0.4, -0.2) is 16.6 Å². The Morgan fingerprint density at radius 3 is 2.85 bits per heavy atom. The van der Waals surface area contributed by atoms with Gasteiger partial charge in [-0.3, -0.25) is 0 Å². The summed E-state index contributed by atoms with van der Waals surface area (Å²) in [4.78, 5) is 8.30. The molecular weight excluding hydrogens is 344 g/mol. The minimum Gasteiger partial charge on any atom is -0.492 e. The van der Waals surface area contributed by atoms with Crippen molar-refractivity contribution in [2.75, 3.05) is 6.61 Å². The van der Waals surface area contributed by atoms with E-state index in [0.29, 0.717) is 11.8 Å². The fourth-order valence-corrected chi connectivity index (χ4v) is 5.04. The lowest BCUT2D eigenvalue weighted by atomic mass is 9.65. The monoisotopic (exact) mass is 366 g/mol. The molecule has 134 valence electrons. The summed E-state index contributed by atoms with van der Waals surface area (Å²) in [6.07, 6.45) is 4.84. The first-order valence-electron chi connectivity index (χ1n) is 9.52. The van der Waals surface area contributed by atoms with Crippen molar-refractivity contribution in [3.63, 3.8) is 0 Å². The van der Waals surface area contributed by atoms with Crippen molar-refractivity contribution in [2.45, 2.75) is 43.9 Å². The highest BCUT2D eigenvalue weighted by molar-refractivity contribution is 6.31. The van der Waals surface area contributed by atoms with Gasteiger partial charge in [-0.15, -0.1) is 0 Å². The number of benzene rings is 2. The zero-order valence-electron chi connectivity index (χ0n) is 15.0. The highest BCUT2D eigenvalue weighted by Gasteiger charge is 2.44. The maximum absolute atomic E-state index is 6.11. The van der Waals surface area contributed by atoms with Gasteiger partial charge in [0.15, 0.2) is 0 Å². The number of hydrogen-bond donors (Lipinski definition) is 1. The molecule has 1 aliphatic heterocycles. The lowest BCUT2D eigenvalue weighted by Gasteiger charge is -2.38. The van der Waals surface area contributed by atoms with E-state index in [0.717, 1.165) is 34.2 Å². The molecule has 5 rings (SSSR count). The van der Waals surface area contributed by atoms with E-state index >= 15 is 0 Å². The van der Waals surface area contributed by atoms with Crippen LogP contribution in [0.25, 0.3) is 11.0 Å². The Kier molecular flexibility index (Phi) is 3.75. The molecule has 0 bridgehead atoms. The van der Waals surface area contributed by atoms with Crippen molar-refractivity contribution in [1.29, 1.82) is 0 Å². The maximum atomic E-state index is 6.11. The average molecular weight is 367 g/mol. The second-order valence-electron chi connectivity index (χ2n) is 7.97. The van der Waals surface area contributed by atoms with Crippen LogP contribution in [-0.2, 0) is 5.41 Å². The SMILES string of the molecule is C[C@@H](c1nc2ccc(Cl)cc2[nH]1)C1CCC2(CC1)COc1ccccc12. The number of ether oxygens (including phenoxy) is 1. The molecule has 26 heavy (non-hydrogen) atoms. The third kappa shape index (κ3) is 2.52. The molecule has 0 amide bonds. The summed E-state index contributed by atoms with van der Waals surface area (Å²) in [7, 11) is 0. The lowest BCUT2D eigenvalue weighted by molar-refractivity contribution is 0.169. The lowest BCUT2D eigenvalue weighted by Crippen LogP contribution is -2.34. The molecule has 0 saturated heterocycles. The van der Waals surface area contributed by atoms with Gasteiger partial charge in [-0.2, -0.15) is 0 Å². The Morgan fingerprint density at radius 1 is 1.19 bits per heavy atom. The fraction of sp³-hybridized carbons (Fsp3) is 0.409. The molecule has 0 unspecified atom stereocenters. The molecule has 3 nitrogen and oxygen atoms in total. The smallest absolute Gasteiger partial charge is 0.123 e. The quantitative estimate of drug-likeness (QED) is 0.618. The predicted molar refractivity (Wildman–Crippen MR) is 105 cm³/mol. The van der Waals surface area contributed by atoms with Crippen LogP contribution in [0.3, 0.4) is 0 Å². The molecule has 1 spiro atoms. The van der Waals surface area contributed by atoms with E-state index in [2.05, 4.69) is 36.2 Å². The van der Waals surface area contributed by atoms with Crippen molar-refractivity contribution in [1.82, 2.24) is 9.97 Å². The van der Waals surface area contributed by atoms with Gasteiger partial charge in [0.05, 0.1) is 17.6 Å². The van der Waals surface area contributed by atoms with E-state index in [4.69, 9.17) is 21.3 Å². The van der Waals surface area contributed by atoms with Gasteiger partial charge in [0.1, 0.15) is 11.6 Å². The number of fused-ring (bicyclic) bond motifs is 3. The maximum Gasteiger partial charge on any atom is 0.123 e. The number of aromatic amines is 1. The number of para-hydroxylation sites is 1. The third-order valence-corrected chi connectivity index (χ3v) is 6.79. The Hall–Kier alpha value is -2.00. The third-order valence-electron chi connectivity index (χ3n) is 6.55. The Labute approximate surface area is 158 Å². The number of imidazole rings is 1. The van der Waals surface area contributed by atoms with Crippen LogP contribution in [0.5, 0.6) is 5.75 Å². The van der Waals surface area contributed by atoms with Crippen LogP contribution in [0.15, 0.2) is 42.5 Å². The minimum atomic E-state index is 0.230. The number of nitrogens with zero attached hydrogens (tertiary/aromatic N) is 1. The molecule has 1 N–H and O–H groups in total. The van der Waals surface area contributed by atoms with E-state index in [-0.39, 0.29) is 5.41 Å². The van der Waals surface area contributed by atoms with Crippen molar-refractivity contribution in [3.05, 3.63) is 58.9 Å². The second kappa shape index (κ2) is 6.02. The van der Waals surface area contributed by atoms with Crippen LogP contribution < -0.4 is 4.74 Å². The summed E-state index contributed by atoms with van der Waals surface area (Å²) in [6.45, 7) is 3.15. The van der Waals surface area contributed by atoms with Crippen molar-refractivity contribution in [2.24, 2.45) is 5.92 Å². The Balaban J connectivity index is 1.35. The normalized spacial score (nSPS) is 26.0. The van der Waals surface area contributed by atoms with Crippen LogP contribution >= 0.6 is 11.6 Å². The number of halogens is 1. The summed E-state index contributed by atoms with van der Waals surface area (Å²) < 4.78 is 5.99. The molecule has 1 saturated carbocycles. The summed E-state index contributed by atoms with van der Waals surface area (Å²) in [6, 6.07) is 14.4. The molecule has 0 radical (unpaired) electrons. The van der Waals surface area contributed by atoms with E-state index in [1.807, 2.05) is 18.2 Å². The first-order chi connectivity index (χ1) is 12.6. The molecule has 1 aromatic heterocycles. The van der Waals surface area contributed by atoms with Gasteiger partial charge < -0.3 is 9.72 Å². The van der Waals surface area contributed by atoms with E-state index in [1.165, 1.54) is 31.2 Å². The van der Waals surface area contributed by atoms with Crippen molar-refractivity contribution >= 4 is 22.6 Å². The molecule has 3 aromatic rings. The largest absolute Gasteiger partial charge is 0.492 e. The fourth-order valence-electron chi connectivity index (χ4n) is 4.87. The molecule has 2 aromatic carbocycles. The van der Waals surface area contributed by atoms with Gasteiger partial charge in [-0.1, -0.05) is 36.7 Å². The van der Waals surface area contributed by atoms with E-state index in [9.17, 15) is 0 Å². The number of aromatic nitrogens is 2. The highest BCUT2D eigenvalue weighted by Crippen LogP contribution is 2.50. The molecule has 4 heteroatoms. The topological polar surface area (TPSA) is 37.9 Å².